The van der Waals surface area contributed by atoms with Crippen LogP contribution in [0.5, 0.6) is 0 Å². The summed E-state index contributed by atoms with van der Waals surface area (Å²) in [6.07, 6.45) is 16.2. The molecule has 0 aliphatic heterocycles. The van der Waals surface area contributed by atoms with E-state index in [4.69, 9.17) is 0 Å². The summed E-state index contributed by atoms with van der Waals surface area (Å²) in [5.74, 6) is 0.989. The Kier molecular flexibility index (Phi) is 6.85. The van der Waals surface area contributed by atoms with Crippen LogP contribution in [0.2, 0.25) is 0 Å². The van der Waals surface area contributed by atoms with Gasteiger partial charge in [-0.2, -0.15) is 0 Å². The number of anilines is 3. The van der Waals surface area contributed by atoms with Gasteiger partial charge in [0.2, 0.25) is 0 Å². The van der Waals surface area contributed by atoms with Gasteiger partial charge < -0.3 is 4.90 Å². The summed E-state index contributed by atoms with van der Waals surface area (Å²) in [6.45, 7) is 9.64. The zero-order valence-corrected chi connectivity index (χ0v) is 28.9. The van der Waals surface area contributed by atoms with Gasteiger partial charge in [0.05, 0.1) is 0 Å². The molecule has 0 spiro atoms. The van der Waals surface area contributed by atoms with E-state index in [1.807, 2.05) is 0 Å². The lowest BCUT2D eigenvalue weighted by Crippen LogP contribution is -2.24. The SMILES string of the molecule is CC1(C)C2=C(C=CCC2)c2ccc(N(c3ccc(-c4ccccc4)cc3)c3ccc(-c4ccc5c(c4)C(C)(C)C4C=CC=CC54)cc3)cc21. The predicted octanol–water partition coefficient (Wildman–Crippen LogP) is 13.0. The van der Waals surface area contributed by atoms with Crippen LogP contribution in [0.15, 0.2) is 157 Å². The average Bonchev–Trinajstić information content (AvgIpc) is 3.52. The van der Waals surface area contributed by atoms with Gasteiger partial charge in [0.1, 0.15) is 0 Å². The minimum Gasteiger partial charge on any atom is -0.310 e. The minimum absolute atomic E-state index is 0.0164. The first kappa shape index (κ1) is 30.0. The number of rotatable bonds is 5. The first-order valence-electron chi connectivity index (χ1n) is 17.9. The Morgan fingerprint density at radius 3 is 1.96 bits per heavy atom. The van der Waals surface area contributed by atoms with Gasteiger partial charge in [-0.15, -0.1) is 0 Å². The maximum absolute atomic E-state index is 2.45. The monoisotopic (exact) mass is 633 g/mol. The molecule has 0 aromatic heterocycles. The number of allylic oxidation sites excluding steroid dienone is 8. The van der Waals surface area contributed by atoms with E-state index in [1.165, 1.54) is 55.8 Å². The van der Waals surface area contributed by atoms with E-state index >= 15 is 0 Å². The van der Waals surface area contributed by atoms with E-state index in [-0.39, 0.29) is 10.8 Å². The zero-order valence-electron chi connectivity index (χ0n) is 28.9. The van der Waals surface area contributed by atoms with E-state index in [0.717, 1.165) is 24.2 Å². The third kappa shape index (κ3) is 4.74. The van der Waals surface area contributed by atoms with Crippen LogP contribution in [0.3, 0.4) is 0 Å². The summed E-state index contributed by atoms with van der Waals surface area (Å²) >= 11 is 0. The molecule has 0 radical (unpaired) electrons. The lowest BCUT2D eigenvalue weighted by molar-refractivity contribution is 0.394. The third-order valence-corrected chi connectivity index (χ3v) is 11.9. The Labute approximate surface area is 291 Å². The van der Waals surface area contributed by atoms with Crippen molar-refractivity contribution in [1.29, 1.82) is 0 Å². The molecule has 2 atom stereocenters. The second kappa shape index (κ2) is 11.2. The summed E-state index contributed by atoms with van der Waals surface area (Å²) in [6, 6.07) is 43.2. The number of nitrogens with zero attached hydrogens (tertiary/aromatic N) is 1. The molecule has 4 aliphatic rings. The molecule has 5 aromatic rings. The van der Waals surface area contributed by atoms with Gasteiger partial charge in [-0.3, -0.25) is 0 Å². The van der Waals surface area contributed by atoms with Crippen molar-refractivity contribution in [3.05, 3.63) is 180 Å². The van der Waals surface area contributed by atoms with Crippen LogP contribution in [0.4, 0.5) is 17.1 Å². The van der Waals surface area contributed by atoms with Gasteiger partial charge in [-0.25, -0.2) is 0 Å². The minimum atomic E-state index is 0.0164. The molecule has 0 fully saturated rings. The highest BCUT2D eigenvalue weighted by Gasteiger charge is 2.44. The van der Waals surface area contributed by atoms with Crippen LogP contribution >= 0.6 is 0 Å². The van der Waals surface area contributed by atoms with Gasteiger partial charge in [0.25, 0.3) is 0 Å². The van der Waals surface area contributed by atoms with Crippen LogP contribution in [0.25, 0.3) is 27.8 Å². The molecule has 5 aromatic carbocycles. The molecule has 0 bridgehead atoms. The highest BCUT2D eigenvalue weighted by Crippen LogP contribution is 2.54. The van der Waals surface area contributed by atoms with Crippen molar-refractivity contribution >= 4 is 22.6 Å². The number of benzene rings is 5. The van der Waals surface area contributed by atoms with Gasteiger partial charge in [-0.1, -0.05) is 149 Å². The van der Waals surface area contributed by atoms with Crippen molar-refractivity contribution in [2.45, 2.75) is 57.3 Å². The van der Waals surface area contributed by atoms with Crippen molar-refractivity contribution in [3.8, 4) is 22.3 Å². The molecule has 0 saturated heterocycles. The van der Waals surface area contributed by atoms with E-state index in [0.29, 0.717) is 11.8 Å². The number of fused-ring (bicyclic) bond motifs is 5. The number of hydrogen-bond donors (Lipinski definition) is 0. The quantitative estimate of drug-likeness (QED) is 0.186. The fraction of sp³-hybridized carbons (Fsp3) is 0.208. The van der Waals surface area contributed by atoms with Gasteiger partial charge >= 0.3 is 0 Å². The van der Waals surface area contributed by atoms with Crippen LogP contribution in [-0.4, -0.2) is 0 Å². The molecule has 9 rings (SSSR count). The molecule has 4 aliphatic carbocycles. The Hall–Kier alpha value is -5.14. The largest absolute Gasteiger partial charge is 0.310 e. The zero-order chi connectivity index (χ0) is 33.3. The summed E-state index contributed by atoms with van der Waals surface area (Å²) in [5, 5.41) is 0. The number of hydrogen-bond acceptors (Lipinski definition) is 1. The maximum Gasteiger partial charge on any atom is 0.0465 e. The van der Waals surface area contributed by atoms with E-state index in [9.17, 15) is 0 Å². The van der Waals surface area contributed by atoms with Gasteiger partial charge in [0, 0.05) is 28.4 Å². The van der Waals surface area contributed by atoms with Crippen LogP contribution in [0, 0.1) is 5.92 Å². The Morgan fingerprint density at radius 1 is 0.592 bits per heavy atom. The first-order chi connectivity index (χ1) is 23.8. The highest BCUT2D eigenvalue weighted by atomic mass is 15.1. The molecule has 0 N–H and O–H groups in total. The Bertz CT molecular complexity index is 2200. The second-order valence-corrected chi connectivity index (χ2v) is 15.3. The lowest BCUT2D eigenvalue weighted by atomic mass is 9.74. The molecule has 1 nitrogen and oxygen atoms in total. The summed E-state index contributed by atoms with van der Waals surface area (Å²) in [7, 11) is 0. The lowest BCUT2D eigenvalue weighted by Gasteiger charge is -2.29. The average molecular weight is 634 g/mol. The molecule has 0 heterocycles. The predicted molar refractivity (Wildman–Crippen MR) is 208 cm³/mol. The summed E-state index contributed by atoms with van der Waals surface area (Å²) < 4.78 is 0. The molecule has 2 unspecified atom stereocenters. The molecule has 49 heavy (non-hydrogen) atoms. The van der Waals surface area contributed by atoms with Crippen molar-refractivity contribution < 1.29 is 0 Å². The topological polar surface area (TPSA) is 3.24 Å². The fourth-order valence-corrected chi connectivity index (χ4v) is 9.19. The van der Waals surface area contributed by atoms with E-state index < -0.39 is 0 Å². The van der Waals surface area contributed by atoms with E-state index in [2.05, 4.69) is 184 Å². The first-order valence-corrected chi connectivity index (χ1v) is 17.9. The van der Waals surface area contributed by atoms with Gasteiger partial charge in [-0.05, 0) is 111 Å². The van der Waals surface area contributed by atoms with Crippen LogP contribution in [-0.2, 0) is 10.8 Å². The van der Waals surface area contributed by atoms with Crippen molar-refractivity contribution in [1.82, 2.24) is 0 Å². The maximum atomic E-state index is 2.45. The summed E-state index contributed by atoms with van der Waals surface area (Å²) in [5.41, 5.74) is 17.4. The van der Waals surface area contributed by atoms with E-state index in [1.54, 1.807) is 5.57 Å². The highest BCUT2D eigenvalue weighted by molar-refractivity contribution is 5.89. The molecular weight excluding hydrogens is 591 g/mol. The Balaban J connectivity index is 1.11. The van der Waals surface area contributed by atoms with Crippen molar-refractivity contribution in [2.75, 3.05) is 4.90 Å². The Morgan fingerprint density at radius 2 is 1.22 bits per heavy atom. The molecular formula is C48H43N. The molecule has 1 heteroatoms. The third-order valence-electron chi connectivity index (χ3n) is 11.9. The van der Waals surface area contributed by atoms with Crippen LogP contribution in [0.1, 0.15) is 68.7 Å². The second-order valence-electron chi connectivity index (χ2n) is 15.3. The van der Waals surface area contributed by atoms with Gasteiger partial charge in [0.15, 0.2) is 0 Å². The van der Waals surface area contributed by atoms with Crippen molar-refractivity contribution in [3.63, 3.8) is 0 Å². The molecule has 240 valence electrons. The fourth-order valence-electron chi connectivity index (χ4n) is 9.19. The smallest absolute Gasteiger partial charge is 0.0465 e. The standard InChI is InChI=1S/C48H43N/c1-47(2)43-16-10-8-14-39(43)41-28-22-35(30-45(41)47)34-20-25-37(26-21-34)49(36-23-18-33(19-24-36)32-12-6-5-7-13-32)38-27-29-42-40-15-9-11-17-44(40)48(3,4)46(42)31-38/h5-10,12-16,18-31,39,43H,11,17H2,1-4H3. The molecule has 0 saturated carbocycles. The van der Waals surface area contributed by atoms with Crippen molar-refractivity contribution in [2.24, 2.45) is 5.92 Å². The summed E-state index contributed by atoms with van der Waals surface area (Å²) in [4.78, 5) is 2.43. The van der Waals surface area contributed by atoms with Crippen LogP contribution < -0.4 is 4.90 Å². The normalized spacial score (nSPS) is 20.5. The molecule has 0 amide bonds.